The van der Waals surface area contributed by atoms with Gasteiger partial charge in [-0.25, -0.2) is 4.39 Å². The molecule has 0 aliphatic heterocycles. The molecule has 2 aromatic rings. The molecule has 0 atom stereocenters. The molecule has 0 aliphatic rings. The fourth-order valence-corrected chi connectivity index (χ4v) is 1.56. The standard InChI is InChI=1S/C10H9ClFN3/c1-5-2-3-6(11)4-7(5)9-8(12)10(13)15-14-9/h2-4H,1H3,(H3,13,14,15). The molecule has 0 radical (unpaired) electrons. The molecule has 0 spiro atoms. The van der Waals surface area contributed by atoms with E-state index in [0.717, 1.165) is 5.56 Å². The van der Waals surface area contributed by atoms with Crippen molar-refractivity contribution in [3.63, 3.8) is 0 Å². The lowest BCUT2D eigenvalue weighted by molar-refractivity contribution is 0.636. The van der Waals surface area contributed by atoms with Crippen LogP contribution in [0.3, 0.4) is 0 Å². The highest BCUT2D eigenvalue weighted by Crippen LogP contribution is 2.28. The molecule has 0 aliphatic carbocycles. The van der Waals surface area contributed by atoms with E-state index in [1.165, 1.54) is 0 Å². The maximum Gasteiger partial charge on any atom is 0.192 e. The van der Waals surface area contributed by atoms with E-state index in [0.29, 0.717) is 10.6 Å². The molecule has 78 valence electrons. The van der Waals surface area contributed by atoms with E-state index in [2.05, 4.69) is 10.2 Å². The lowest BCUT2D eigenvalue weighted by Gasteiger charge is -2.03. The lowest BCUT2D eigenvalue weighted by atomic mass is 10.1. The first-order valence-electron chi connectivity index (χ1n) is 4.35. The van der Waals surface area contributed by atoms with Crippen molar-refractivity contribution in [2.75, 3.05) is 5.73 Å². The summed E-state index contributed by atoms with van der Waals surface area (Å²) in [5, 5.41) is 6.69. The Morgan fingerprint density at radius 2 is 2.20 bits per heavy atom. The van der Waals surface area contributed by atoms with Crippen LogP contribution in [0, 0.1) is 12.7 Å². The molecular formula is C10H9ClFN3. The number of nitrogen functional groups attached to an aromatic ring is 1. The molecule has 2 rings (SSSR count). The Labute approximate surface area is 91.1 Å². The number of aromatic amines is 1. The van der Waals surface area contributed by atoms with Crippen molar-refractivity contribution in [2.24, 2.45) is 0 Å². The molecule has 0 saturated heterocycles. The summed E-state index contributed by atoms with van der Waals surface area (Å²) in [6, 6.07) is 5.24. The molecule has 0 unspecified atom stereocenters. The average molecular weight is 226 g/mol. The number of anilines is 1. The van der Waals surface area contributed by atoms with E-state index in [1.54, 1.807) is 12.1 Å². The van der Waals surface area contributed by atoms with Crippen LogP contribution in [-0.2, 0) is 0 Å². The van der Waals surface area contributed by atoms with Gasteiger partial charge in [-0.05, 0) is 24.6 Å². The second-order valence-corrected chi connectivity index (χ2v) is 3.69. The van der Waals surface area contributed by atoms with Crippen molar-refractivity contribution in [2.45, 2.75) is 6.92 Å². The van der Waals surface area contributed by atoms with Gasteiger partial charge in [0.05, 0.1) is 0 Å². The van der Waals surface area contributed by atoms with E-state index >= 15 is 0 Å². The van der Waals surface area contributed by atoms with E-state index in [-0.39, 0.29) is 11.5 Å². The van der Waals surface area contributed by atoms with E-state index in [4.69, 9.17) is 17.3 Å². The Balaban J connectivity index is 2.63. The largest absolute Gasteiger partial charge is 0.380 e. The molecule has 1 heterocycles. The third kappa shape index (κ3) is 1.68. The number of hydrogen-bond donors (Lipinski definition) is 2. The van der Waals surface area contributed by atoms with Crippen molar-refractivity contribution in [1.82, 2.24) is 10.2 Å². The summed E-state index contributed by atoms with van der Waals surface area (Å²) >= 11 is 5.84. The third-order valence-corrected chi connectivity index (χ3v) is 2.44. The second-order valence-electron chi connectivity index (χ2n) is 3.26. The summed E-state index contributed by atoms with van der Waals surface area (Å²) in [6.45, 7) is 1.86. The molecule has 5 heteroatoms. The summed E-state index contributed by atoms with van der Waals surface area (Å²) in [5.74, 6) is -0.676. The van der Waals surface area contributed by atoms with Gasteiger partial charge in [-0.1, -0.05) is 17.7 Å². The Hall–Kier alpha value is -1.55. The SMILES string of the molecule is Cc1ccc(Cl)cc1-c1[nH]nc(N)c1F. The van der Waals surface area contributed by atoms with Gasteiger partial charge in [0.1, 0.15) is 5.69 Å². The van der Waals surface area contributed by atoms with Crippen LogP contribution in [0.1, 0.15) is 5.56 Å². The highest BCUT2D eigenvalue weighted by Gasteiger charge is 2.14. The average Bonchev–Trinajstić information content (AvgIpc) is 2.52. The normalized spacial score (nSPS) is 10.6. The molecule has 1 aromatic carbocycles. The van der Waals surface area contributed by atoms with Gasteiger partial charge in [0.15, 0.2) is 11.6 Å². The number of nitrogens with zero attached hydrogens (tertiary/aromatic N) is 1. The van der Waals surface area contributed by atoms with Crippen molar-refractivity contribution in [3.8, 4) is 11.3 Å². The van der Waals surface area contributed by atoms with Gasteiger partial charge in [0.25, 0.3) is 0 Å². The summed E-state index contributed by atoms with van der Waals surface area (Å²) < 4.78 is 13.5. The quantitative estimate of drug-likeness (QED) is 0.784. The van der Waals surface area contributed by atoms with Gasteiger partial charge in [-0.2, -0.15) is 5.10 Å². The van der Waals surface area contributed by atoms with E-state index in [1.807, 2.05) is 13.0 Å². The van der Waals surface area contributed by atoms with Crippen LogP contribution in [0.15, 0.2) is 18.2 Å². The minimum atomic E-state index is -0.541. The van der Waals surface area contributed by atoms with E-state index < -0.39 is 5.82 Å². The molecule has 0 bridgehead atoms. The Morgan fingerprint density at radius 1 is 1.47 bits per heavy atom. The van der Waals surface area contributed by atoms with E-state index in [9.17, 15) is 4.39 Å². The summed E-state index contributed by atoms with van der Waals surface area (Å²) in [5.41, 5.74) is 7.16. The van der Waals surface area contributed by atoms with Gasteiger partial charge in [0, 0.05) is 10.6 Å². The fourth-order valence-electron chi connectivity index (χ4n) is 1.38. The van der Waals surface area contributed by atoms with Crippen LogP contribution in [0.4, 0.5) is 10.2 Å². The number of nitrogens with one attached hydrogen (secondary N) is 1. The number of aromatic nitrogens is 2. The number of nitrogens with two attached hydrogens (primary N) is 1. The first kappa shape index (κ1) is 9.98. The van der Waals surface area contributed by atoms with Crippen molar-refractivity contribution < 1.29 is 4.39 Å². The molecule has 3 N–H and O–H groups in total. The van der Waals surface area contributed by atoms with Crippen LogP contribution >= 0.6 is 11.6 Å². The van der Waals surface area contributed by atoms with Gasteiger partial charge < -0.3 is 5.73 Å². The summed E-state index contributed by atoms with van der Waals surface area (Å²) in [6.07, 6.45) is 0. The molecule has 1 aromatic heterocycles. The van der Waals surface area contributed by atoms with Crippen LogP contribution in [0.2, 0.25) is 5.02 Å². The van der Waals surface area contributed by atoms with Gasteiger partial charge in [0.2, 0.25) is 0 Å². The monoisotopic (exact) mass is 225 g/mol. The Morgan fingerprint density at radius 3 is 2.80 bits per heavy atom. The first-order chi connectivity index (χ1) is 7.09. The predicted octanol–water partition coefficient (Wildman–Crippen LogP) is 2.76. The third-order valence-electron chi connectivity index (χ3n) is 2.20. The number of aryl methyl sites for hydroxylation is 1. The molecule has 3 nitrogen and oxygen atoms in total. The Bertz CT molecular complexity index is 507. The second kappa shape index (κ2) is 3.55. The minimum Gasteiger partial charge on any atom is -0.380 e. The number of H-pyrrole nitrogens is 1. The van der Waals surface area contributed by atoms with Crippen molar-refractivity contribution in [1.29, 1.82) is 0 Å². The van der Waals surface area contributed by atoms with Crippen molar-refractivity contribution >= 4 is 17.4 Å². The zero-order chi connectivity index (χ0) is 11.0. The summed E-state index contributed by atoms with van der Waals surface area (Å²) in [7, 11) is 0. The molecular weight excluding hydrogens is 217 g/mol. The maximum atomic E-state index is 13.5. The predicted molar refractivity (Wildman–Crippen MR) is 58.1 cm³/mol. The van der Waals surface area contributed by atoms with Gasteiger partial charge in [-0.3, -0.25) is 5.10 Å². The van der Waals surface area contributed by atoms with Gasteiger partial charge in [-0.15, -0.1) is 0 Å². The van der Waals surface area contributed by atoms with Crippen LogP contribution in [0.5, 0.6) is 0 Å². The number of halogens is 2. The van der Waals surface area contributed by atoms with Crippen LogP contribution < -0.4 is 5.73 Å². The minimum absolute atomic E-state index is 0.135. The summed E-state index contributed by atoms with van der Waals surface area (Å²) in [4.78, 5) is 0. The number of benzene rings is 1. The maximum absolute atomic E-state index is 13.5. The van der Waals surface area contributed by atoms with Crippen LogP contribution in [-0.4, -0.2) is 10.2 Å². The van der Waals surface area contributed by atoms with Crippen molar-refractivity contribution in [3.05, 3.63) is 34.6 Å². The lowest BCUT2D eigenvalue weighted by Crippen LogP contribution is -1.89. The topological polar surface area (TPSA) is 54.7 Å². The molecule has 15 heavy (non-hydrogen) atoms. The molecule has 0 amide bonds. The first-order valence-corrected chi connectivity index (χ1v) is 4.73. The molecule has 0 saturated carbocycles. The van der Waals surface area contributed by atoms with Gasteiger partial charge >= 0.3 is 0 Å². The zero-order valence-electron chi connectivity index (χ0n) is 8.01. The fraction of sp³-hybridized carbons (Fsp3) is 0.100. The molecule has 0 fully saturated rings. The highest BCUT2D eigenvalue weighted by atomic mass is 35.5. The van der Waals surface area contributed by atoms with Crippen LogP contribution in [0.25, 0.3) is 11.3 Å². The number of hydrogen-bond acceptors (Lipinski definition) is 2. The smallest absolute Gasteiger partial charge is 0.192 e. The number of rotatable bonds is 1. The Kier molecular flexibility index (Phi) is 2.36. The highest BCUT2D eigenvalue weighted by molar-refractivity contribution is 6.30. The zero-order valence-corrected chi connectivity index (χ0v) is 8.77.